The van der Waals surface area contributed by atoms with Crippen LogP contribution in [0, 0.1) is 0 Å². The van der Waals surface area contributed by atoms with Crippen LogP contribution in [-0.4, -0.2) is 17.7 Å². The molecule has 4 heteroatoms. The first kappa shape index (κ1) is 9.44. The van der Waals surface area contributed by atoms with E-state index in [1.54, 1.807) is 11.3 Å². The number of ether oxygens (including phenoxy) is 1. The molecule has 1 aromatic heterocycles. The van der Waals surface area contributed by atoms with Crippen molar-refractivity contribution >= 4 is 22.9 Å². The number of nitrogens with zero attached hydrogens (tertiary/aromatic N) is 1. The lowest BCUT2D eigenvalue weighted by molar-refractivity contribution is 0.111. The number of halogens is 1. The van der Waals surface area contributed by atoms with Crippen LogP contribution in [0.3, 0.4) is 0 Å². The van der Waals surface area contributed by atoms with E-state index in [1.165, 1.54) is 12.8 Å². The van der Waals surface area contributed by atoms with Crippen molar-refractivity contribution in [3.05, 3.63) is 16.1 Å². The lowest BCUT2D eigenvalue weighted by Gasteiger charge is -2.05. The molecule has 0 N–H and O–H groups in total. The minimum atomic E-state index is 0.398. The fourth-order valence-electron chi connectivity index (χ4n) is 1.50. The van der Waals surface area contributed by atoms with Crippen LogP contribution < -0.4 is 0 Å². The molecule has 1 fully saturated rings. The van der Waals surface area contributed by atoms with Gasteiger partial charge < -0.3 is 4.74 Å². The summed E-state index contributed by atoms with van der Waals surface area (Å²) in [5.74, 6) is 0.573. The zero-order valence-electron chi connectivity index (χ0n) is 7.33. The summed E-state index contributed by atoms with van der Waals surface area (Å²) >= 11 is 7.39. The summed E-state index contributed by atoms with van der Waals surface area (Å²) in [5, 5.41) is 1.16. The third-order valence-electron chi connectivity index (χ3n) is 2.16. The number of rotatable bonds is 3. The van der Waals surface area contributed by atoms with E-state index in [0.717, 1.165) is 22.9 Å². The molecule has 0 saturated carbocycles. The van der Waals surface area contributed by atoms with Gasteiger partial charge in [-0.25, -0.2) is 4.98 Å². The van der Waals surface area contributed by atoms with E-state index in [1.807, 2.05) is 6.20 Å². The van der Waals surface area contributed by atoms with Crippen LogP contribution >= 0.6 is 22.9 Å². The average molecular weight is 218 g/mol. The molecule has 0 bridgehead atoms. The Kier molecular flexibility index (Phi) is 3.19. The van der Waals surface area contributed by atoms with Crippen LogP contribution in [0.15, 0.2) is 6.20 Å². The van der Waals surface area contributed by atoms with Gasteiger partial charge in [-0.15, -0.1) is 22.9 Å². The van der Waals surface area contributed by atoms with Gasteiger partial charge in [-0.3, -0.25) is 0 Å². The molecule has 0 spiro atoms. The first-order valence-corrected chi connectivity index (χ1v) is 5.84. The Bertz CT molecular complexity index is 270. The lowest BCUT2D eigenvalue weighted by atomic mass is 10.2. The molecule has 0 amide bonds. The van der Waals surface area contributed by atoms with Crippen LogP contribution in [0.5, 0.6) is 0 Å². The molecule has 13 heavy (non-hydrogen) atoms. The Morgan fingerprint density at radius 3 is 3.23 bits per heavy atom. The molecule has 1 atom stereocenters. The molecule has 1 aromatic rings. The molecule has 72 valence electrons. The number of aromatic nitrogens is 1. The normalized spacial score (nSPS) is 22.4. The van der Waals surface area contributed by atoms with Gasteiger partial charge >= 0.3 is 0 Å². The number of hydrogen-bond donors (Lipinski definition) is 0. The molecule has 2 heterocycles. The van der Waals surface area contributed by atoms with E-state index in [4.69, 9.17) is 16.3 Å². The van der Waals surface area contributed by atoms with Gasteiger partial charge in [0.2, 0.25) is 0 Å². The van der Waals surface area contributed by atoms with E-state index in [9.17, 15) is 0 Å². The highest BCUT2D eigenvalue weighted by molar-refractivity contribution is 7.11. The zero-order valence-corrected chi connectivity index (χ0v) is 8.90. The minimum Gasteiger partial charge on any atom is -0.378 e. The SMILES string of the molecule is ClCc1cnc(CC2CCCO2)s1. The second-order valence-corrected chi connectivity index (χ2v) is 4.66. The van der Waals surface area contributed by atoms with Crippen molar-refractivity contribution in [3.8, 4) is 0 Å². The number of alkyl halides is 1. The maximum absolute atomic E-state index is 5.70. The van der Waals surface area contributed by atoms with Gasteiger partial charge in [0, 0.05) is 24.1 Å². The molecule has 0 aliphatic carbocycles. The molecule has 1 unspecified atom stereocenters. The second-order valence-electron chi connectivity index (χ2n) is 3.19. The van der Waals surface area contributed by atoms with Crippen LogP contribution in [0.1, 0.15) is 22.7 Å². The number of hydrogen-bond acceptors (Lipinski definition) is 3. The maximum Gasteiger partial charge on any atom is 0.0953 e. The van der Waals surface area contributed by atoms with Crippen molar-refractivity contribution in [3.63, 3.8) is 0 Å². The Morgan fingerprint density at radius 2 is 2.62 bits per heavy atom. The van der Waals surface area contributed by atoms with Crippen molar-refractivity contribution in [2.45, 2.75) is 31.2 Å². The summed E-state index contributed by atoms with van der Waals surface area (Å²) in [4.78, 5) is 5.45. The third kappa shape index (κ3) is 2.42. The van der Waals surface area contributed by atoms with Crippen molar-refractivity contribution < 1.29 is 4.74 Å². The Morgan fingerprint density at radius 1 is 1.69 bits per heavy atom. The van der Waals surface area contributed by atoms with Crippen LogP contribution in [-0.2, 0) is 17.0 Å². The molecule has 1 saturated heterocycles. The average Bonchev–Trinajstić information content (AvgIpc) is 2.76. The zero-order chi connectivity index (χ0) is 9.10. The van der Waals surface area contributed by atoms with Crippen molar-refractivity contribution in [1.29, 1.82) is 0 Å². The summed E-state index contributed by atoms with van der Waals surface area (Å²) in [7, 11) is 0. The van der Waals surface area contributed by atoms with Gasteiger partial charge in [0.1, 0.15) is 0 Å². The second kappa shape index (κ2) is 4.40. The molecular weight excluding hydrogens is 206 g/mol. The highest BCUT2D eigenvalue weighted by Crippen LogP contribution is 2.21. The molecule has 0 radical (unpaired) electrons. The Hall–Kier alpha value is -0.120. The predicted molar refractivity (Wildman–Crippen MR) is 54.3 cm³/mol. The van der Waals surface area contributed by atoms with Crippen LogP contribution in [0.4, 0.5) is 0 Å². The molecular formula is C9H12ClNOS. The van der Waals surface area contributed by atoms with Crippen molar-refractivity contribution in [2.75, 3.05) is 6.61 Å². The quantitative estimate of drug-likeness (QED) is 0.727. The van der Waals surface area contributed by atoms with Crippen LogP contribution in [0.2, 0.25) is 0 Å². The maximum atomic E-state index is 5.70. The van der Waals surface area contributed by atoms with Gasteiger partial charge in [0.15, 0.2) is 0 Å². The van der Waals surface area contributed by atoms with Crippen molar-refractivity contribution in [1.82, 2.24) is 4.98 Å². The van der Waals surface area contributed by atoms with Gasteiger partial charge in [0.25, 0.3) is 0 Å². The summed E-state index contributed by atoms with van der Waals surface area (Å²) in [6.45, 7) is 0.915. The standard InChI is InChI=1S/C9H12ClNOS/c10-5-8-6-11-9(13-8)4-7-2-1-3-12-7/h6-7H,1-5H2. The Balaban J connectivity index is 1.92. The van der Waals surface area contributed by atoms with E-state index in [0.29, 0.717) is 12.0 Å². The fourth-order valence-corrected chi connectivity index (χ4v) is 2.57. The number of thiazole rings is 1. The summed E-state index contributed by atoms with van der Waals surface area (Å²) in [5.41, 5.74) is 0. The summed E-state index contributed by atoms with van der Waals surface area (Å²) < 4.78 is 5.53. The first-order valence-electron chi connectivity index (χ1n) is 4.49. The Labute approximate surface area is 86.9 Å². The predicted octanol–water partition coefficient (Wildman–Crippen LogP) is 2.60. The van der Waals surface area contributed by atoms with E-state index in [2.05, 4.69) is 4.98 Å². The molecule has 1 aliphatic rings. The van der Waals surface area contributed by atoms with E-state index < -0.39 is 0 Å². The fraction of sp³-hybridized carbons (Fsp3) is 0.667. The lowest BCUT2D eigenvalue weighted by Crippen LogP contribution is -2.08. The van der Waals surface area contributed by atoms with Crippen LogP contribution in [0.25, 0.3) is 0 Å². The van der Waals surface area contributed by atoms with E-state index >= 15 is 0 Å². The van der Waals surface area contributed by atoms with Gasteiger partial charge in [0.05, 0.1) is 17.0 Å². The smallest absolute Gasteiger partial charge is 0.0953 e. The minimum absolute atomic E-state index is 0.398. The summed E-state index contributed by atoms with van der Waals surface area (Å²) in [6.07, 6.45) is 5.59. The highest BCUT2D eigenvalue weighted by Gasteiger charge is 2.17. The third-order valence-corrected chi connectivity index (χ3v) is 3.63. The monoisotopic (exact) mass is 217 g/mol. The largest absolute Gasteiger partial charge is 0.378 e. The highest BCUT2D eigenvalue weighted by atomic mass is 35.5. The molecule has 2 rings (SSSR count). The molecule has 1 aliphatic heterocycles. The molecule has 2 nitrogen and oxygen atoms in total. The summed E-state index contributed by atoms with van der Waals surface area (Å²) in [6, 6.07) is 0. The molecule has 0 aromatic carbocycles. The van der Waals surface area contributed by atoms with Gasteiger partial charge in [-0.1, -0.05) is 0 Å². The first-order chi connectivity index (χ1) is 6.38. The van der Waals surface area contributed by atoms with Crippen molar-refractivity contribution in [2.24, 2.45) is 0 Å². The van der Waals surface area contributed by atoms with Gasteiger partial charge in [-0.05, 0) is 12.8 Å². The van der Waals surface area contributed by atoms with Gasteiger partial charge in [-0.2, -0.15) is 0 Å². The topological polar surface area (TPSA) is 22.1 Å². The van der Waals surface area contributed by atoms with E-state index in [-0.39, 0.29) is 0 Å².